The number of piperidine rings is 1. The number of aliphatic hydroxyl groups is 1. The molecule has 0 radical (unpaired) electrons. The number of amides is 2. The zero-order valence-corrected chi connectivity index (χ0v) is 12.1. The van der Waals surface area contributed by atoms with Crippen molar-refractivity contribution < 1.29 is 14.7 Å². The van der Waals surface area contributed by atoms with Crippen LogP contribution in [0.5, 0.6) is 0 Å². The van der Waals surface area contributed by atoms with E-state index in [1.165, 1.54) is 19.3 Å². The van der Waals surface area contributed by atoms with Gasteiger partial charge in [-0.25, -0.2) is 10.3 Å². The van der Waals surface area contributed by atoms with Crippen molar-refractivity contribution in [2.45, 2.75) is 69.5 Å². The summed E-state index contributed by atoms with van der Waals surface area (Å²) < 4.78 is 0. The van der Waals surface area contributed by atoms with E-state index >= 15 is 0 Å². The molecule has 20 heavy (non-hydrogen) atoms. The molecule has 3 rings (SSSR count). The van der Waals surface area contributed by atoms with E-state index in [-0.39, 0.29) is 18.1 Å². The van der Waals surface area contributed by atoms with Crippen LogP contribution in [-0.4, -0.2) is 40.8 Å². The number of likely N-dealkylation sites (tertiary alicyclic amines) is 1. The number of carbonyl (C=O) groups is 1. The first kappa shape index (κ1) is 14.1. The molecule has 3 aliphatic rings. The Labute approximate surface area is 120 Å². The summed E-state index contributed by atoms with van der Waals surface area (Å²) in [5, 5.41) is 10.6. The maximum Gasteiger partial charge on any atom is 0.341 e. The molecule has 0 aromatic rings. The SMILES string of the molecule is O=C(NOC1CCCC1)N1CCC2(O)CCCCC2C1. The first-order valence-corrected chi connectivity index (χ1v) is 8.10. The molecule has 2 unspecified atom stereocenters. The van der Waals surface area contributed by atoms with Gasteiger partial charge in [0.1, 0.15) is 0 Å². The molecule has 0 bridgehead atoms. The van der Waals surface area contributed by atoms with Gasteiger partial charge < -0.3 is 10.0 Å². The van der Waals surface area contributed by atoms with Crippen LogP contribution in [0.25, 0.3) is 0 Å². The second-order valence-electron chi connectivity index (χ2n) is 6.67. The van der Waals surface area contributed by atoms with Crippen molar-refractivity contribution in [3.63, 3.8) is 0 Å². The summed E-state index contributed by atoms with van der Waals surface area (Å²) in [7, 11) is 0. The first-order chi connectivity index (χ1) is 9.67. The Hall–Kier alpha value is -0.810. The van der Waals surface area contributed by atoms with Crippen molar-refractivity contribution in [3.8, 4) is 0 Å². The number of hydroxylamine groups is 1. The van der Waals surface area contributed by atoms with Gasteiger partial charge in [0.15, 0.2) is 0 Å². The monoisotopic (exact) mass is 282 g/mol. The number of carbonyl (C=O) groups excluding carboxylic acids is 1. The third-order valence-corrected chi connectivity index (χ3v) is 5.33. The fraction of sp³-hybridized carbons (Fsp3) is 0.933. The van der Waals surface area contributed by atoms with Crippen LogP contribution < -0.4 is 5.48 Å². The molecule has 2 saturated carbocycles. The third kappa shape index (κ3) is 2.93. The lowest BCUT2D eigenvalue weighted by Gasteiger charge is -2.47. The van der Waals surface area contributed by atoms with E-state index in [1.807, 2.05) is 0 Å². The third-order valence-electron chi connectivity index (χ3n) is 5.33. The van der Waals surface area contributed by atoms with E-state index < -0.39 is 5.60 Å². The summed E-state index contributed by atoms with van der Waals surface area (Å²) in [5.41, 5.74) is 2.08. The maximum atomic E-state index is 12.1. The minimum atomic E-state index is -0.526. The average Bonchev–Trinajstić information content (AvgIpc) is 2.97. The highest BCUT2D eigenvalue weighted by atomic mass is 16.7. The molecule has 0 aromatic heterocycles. The first-order valence-electron chi connectivity index (χ1n) is 8.10. The summed E-state index contributed by atoms with van der Waals surface area (Å²) in [5.74, 6) is 0.238. The predicted octanol–water partition coefficient (Wildman–Crippen LogP) is 2.20. The van der Waals surface area contributed by atoms with Gasteiger partial charge in [-0.3, -0.25) is 4.84 Å². The standard InChI is InChI=1S/C15H26N2O3/c18-14(16-20-13-6-1-2-7-13)17-10-9-15(19)8-4-3-5-12(15)11-17/h12-13,19H,1-11H2,(H,16,18). The number of nitrogens with zero attached hydrogens (tertiary/aromatic N) is 1. The van der Waals surface area contributed by atoms with Crippen LogP contribution in [-0.2, 0) is 4.84 Å². The predicted molar refractivity (Wildman–Crippen MR) is 75.0 cm³/mol. The van der Waals surface area contributed by atoms with Gasteiger partial charge in [-0.15, -0.1) is 0 Å². The summed E-state index contributed by atoms with van der Waals surface area (Å²) in [6.45, 7) is 1.29. The molecular weight excluding hydrogens is 256 g/mol. The second-order valence-corrected chi connectivity index (χ2v) is 6.67. The van der Waals surface area contributed by atoms with E-state index in [4.69, 9.17) is 4.84 Å². The van der Waals surface area contributed by atoms with Crippen molar-refractivity contribution in [1.82, 2.24) is 10.4 Å². The zero-order chi connectivity index (χ0) is 14.0. The molecule has 1 heterocycles. The molecule has 2 amide bonds. The summed E-state index contributed by atoms with van der Waals surface area (Å²) in [6.07, 6.45) is 9.58. The van der Waals surface area contributed by atoms with Crippen LogP contribution in [0.1, 0.15) is 57.8 Å². The van der Waals surface area contributed by atoms with Crippen LogP contribution in [0.2, 0.25) is 0 Å². The summed E-state index contributed by atoms with van der Waals surface area (Å²) >= 11 is 0. The minimum absolute atomic E-state index is 0.135. The number of hydrogen-bond donors (Lipinski definition) is 2. The fourth-order valence-electron chi connectivity index (χ4n) is 3.96. The number of fused-ring (bicyclic) bond motifs is 1. The molecule has 2 N–H and O–H groups in total. The Morgan fingerprint density at radius 2 is 1.90 bits per heavy atom. The molecule has 5 heteroatoms. The molecule has 0 spiro atoms. The zero-order valence-electron chi connectivity index (χ0n) is 12.1. The fourth-order valence-corrected chi connectivity index (χ4v) is 3.96. The van der Waals surface area contributed by atoms with Crippen LogP contribution in [0.15, 0.2) is 0 Å². The van der Waals surface area contributed by atoms with Gasteiger partial charge in [-0.1, -0.05) is 25.7 Å². The molecular formula is C15H26N2O3. The van der Waals surface area contributed by atoms with E-state index in [1.54, 1.807) is 4.90 Å². The highest BCUT2D eigenvalue weighted by molar-refractivity contribution is 5.73. The van der Waals surface area contributed by atoms with Crippen LogP contribution in [0.4, 0.5) is 4.79 Å². The molecule has 3 fully saturated rings. The lowest BCUT2D eigenvalue weighted by molar-refractivity contribution is -0.0915. The van der Waals surface area contributed by atoms with Crippen LogP contribution in [0.3, 0.4) is 0 Å². The van der Waals surface area contributed by atoms with E-state index in [0.717, 1.165) is 32.1 Å². The van der Waals surface area contributed by atoms with Gasteiger partial charge in [0.2, 0.25) is 0 Å². The second kappa shape index (κ2) is 5.90. The molecule has 5 nitrogen and oxygen atoms in total. The Morgan fingerprint density at radius 1 is 1.15 bits per heavy atom. The van der Waals surface area contributed by atoms with Crippen LogP contribution >= 0.6 is 0 Å². The lowest BCUT2D eigenvalue weighted by atomic mass is 9.71. The highest BCUT2D eigenvalue weighted by Crippen LogP contribution is 2.39. The minimum Gasteiger partial charge on any atom is -0.389 e. The number of nitrogens with one attached hydrogen (secondary N) is 1. The Morgan fingerprint density at radius 3 is 2.70 bits per heavy atom. The Balaban J connectivity index is 1.49. The van der Waals surface area contributed by atoms with E-state index in [9.17, 15) is 9.90 Å². The molecule has 114 valence electrons. The number of urea groups is 1. The summed E-state index contributed by atoms with van der Waals surface area (Å²) in [6, 6.07) is -0.135. The van der Waals surface area contributed by atoms with Gasteiger partial charge in [-0.05, 0) is 32.1 Å². The van der Waals surface area contributed by atoms with Crippen molar-refractivity contribution in [2.24, 2.45) is 5.92 Å². The topological polar surface area (TPSA) is 61.8 Å². The highest BCUT2D eigenvalue weighted by Gasteiger charge is 2.43. The molecule has 0 aromatic carbocycles. The van der Waals surface area contributed by atoms with E-state index in [2.05, 4.69) is 5.48 Å². The normalized spacial score (nSPS) is 34.9. The van der Waals surface area contributed by atoms with Crippen molar-refractivity contribution in [2.75, 3.05) is 13.1 Å². The largest absolute Gasteiger partial charge is 0.389 e. The van der Waals surface area contributed by atoms with Crippen LogP contribution in [0, 0.1) is 5.92 Å². The quantitative estimate of drug-likeness (QED) is 0.763. The van der Waals surface area contributed by atoms with Gasteiger partial charge in [0.25, 0.3) is 0 Å². The van der Waals surface area contributed by atoms with Gasteiger partial charge in [0.05, 0.1) is 11.7 Å². The van der Waals surface area contributed by atoms with Gasteiger partial charge >= 0.3 is 6.03 Å². The average molecular weight is 282 g/mol. The number of rotatable bonds is 2. The van der Waals surface area contributed by atoms with Gasteiger partial charge in [-0.2, -0.15) is 0 Å². The Kier molecular flexibility index (Phi) is 4.17. The molecule has 2 atom stereocenters. The Bertz CT molecular complexity index is 357. The number of hydrogen-bond acceptors (Lipinski definition) is 3. The van der Waals surface area contributed by atoms with Gasteiger partial charge in [0, 0.05) is 19.0 Å². The smallest absolute Gasteiger partial charge is 0.341 e. The maximum absolute atomic E-state index is 12.1. The van der Waals surface area contributed by atoms with Crippen molar-refractivity contribution in [3.05, 3.63) is 0 Å². The van der Waals surface area contributed by atoms with Crippen molar-refractivity contribution >= 4 is 6.03 Å². The molecule has 1 saturated heterocycles. The van der Waals surface area contributed by atoms with E-state index in [0.29, 0.717) is 19.5 Å². The molecule has 2 aliphatic carbocycles. The summed E-state index contributed by atoms with van der Waals surface area (Å²) in [4.78, 5) is 19.4. The lowest BCUT2D eigenvalue weighted by Crippen LogP contribution is -2.56. The molecule has 1 aliphatic heterocycles. The van der Waals surface area contributed by atoms with Crippen molar-refractivity contribution in [1.29, 1.82) is 0 Å².